The van der Waals surface area contributed by atoms with Crippen LogP contribution < -0.4 is 5.32 Å². The Bertz CT molecular complexity index is 156. The van der Waals surface area contributed by atoms with Crippen molar-refractivity contribution in [1.29, 1.82) is 0 Å². The monoisotopic (exact) mass is 124 g/mol. The lowest BCUT2D eigenvalue weighted by Crippen LogP contribution is -2.13. The molecule has 0 atom stereocenters. The van der Waals surface area contributed by atoms with Gasteiger partial charge in [-0.2, -0.15) is 0 Å². The van der Waals surface area contributed by atoms with Crippen molar-refractivity contribution in [3.8, 4) is 0 Å². The Morgan fingerprint density at radius 2 is 2.33 bits per heavy atom. The van der Waals surface area contributed by atoms with Gasteiger partial charge in [0.25, 0.3) is 0 Å². The number of hydrogen-bond donors (Lipinski definition) is 1. The van der Waals surface area contributed by atoms with Gasteiger partial charge in [0.1, 0.15) is 6.67 Å². The standard InChI is InChI=1S/C7H12N2/c1-5(2)7-6(3)8-4-9-7/h5,8H,3-4H2,1-2H3. The highest BCUT2D eigenvalue weighted by atomic mass is 15.1. The highest BCUT2D eigenvalue weighted by Crippen LogP contribution is 2.07. The summed E-state index contributed by atoms with van der Waals surface area (Å²) in [6, 6.07) is 0. The molecule has 0 saturated heterocycles. The second kappa shape index (κ2) is 2.21. The zero-order valence-electron chi connectivity index (χ0n) is 5.94. The summed E-state index contributed by atoms with van der Waals surface area (Å²) >= 11 is 0. The maximum Gasteiger partial charge on any atom is 0.108 e. The number of nitrogens with one attached hydrogen (secondary N) is 1. The Hall–Kier alpha value is -0.790. The Morgan fingerprint density at radius 1 is 1.67 bits per heavy atom. The van der Waals surface area contributed by atoms with Gasteiger partial charge in [0.05, 0.1) is 5.71 Å². The Labute approximate surface area is 55.7 Å². The van der Waals surface area contributed by atoms with Crippen molar-refractivity contribution in [3.63, 3.8) is 0 Å². The van der Waals surface area contributed by atoms with Crippen molar-refractivity contribution in [2.75, 3.05) is 6.67 Å². The maximum absolute atomic E-state index is 4.22. The first-order valence-electron chi connectivity index (χ1n) is 3.19. The zero-order valence-corrected chi connectivity index (χ0v) is 5.94. The third kappa shape index (κ3) is 1.12. The fourth-order valence-corrected chi connectivity index (χ4v) is 0.937. The summed E-state index contributed by atoms with van der Waals surface area (Å²) in [5.74, 6) is 0.507. The highest BCUT2D eigenvalue weighted by molar-refractivity contribution is 6.01. The van der Waals surface area contributed by atoms with Gasteiger partial charge >= 0.3 is 0 Å². The predicted octanol–water partition coefficient (Wildman–Crippen LogP) is 1.16. The van der Waals surface area contributed by atoms with Crippen LogP contribution in [0.1, 0.15) is 13.8 Å². The van der Waals surface area contributed by atoms with Gasteiger partial charge in [-0.15, -0.1) is 0 Å². The van der Waals surface area contributed by atoms with E-state index in [0.29, 0.717) is 12.6 Å². The summed E-state index contributed by atoms with van der Waals surface area (Å²) in [5, 5.41) is 3.05. The zero-order chi connectivity index (χ0) is 6.85. The number of rotatable bonds is 1. The SMILES string of the molecule is C=C1NCN=C1C(C)C. The quantitative estimate of drug-likeness (QED) is 0.557. The molecule has 50 valence electrons. The summed E-state index contributed by atoms with van der Waals surface area (Å²) in [7, 11) is 0. The molecule has 0 radical (unpaired) electrons. The first kappa shape index (κ1) is 6.33. The number of nitrogens with zero attached hydrogens (tertiary/aromatic N) is 1. The maximum atomic E-state index is 4.22. The molecule has 9 heavy (non-hydrogen) atoms. The van der Waals surface area contributed by atoms with E-state index >= 15 is 0 Å². The molecule has 0 amide bonds. The van der Waals surface area contributed by atoms with Crippen molar-refractivity contribution in [2.45, 2.75) is 13.8 Å². The van der Waals surface area contributed by atoms with Gasteiger partial charge < -0.3 is 5.32 Å². The van der Waals surface area contributed by atoms with Crippen molar-refractivity contribution >= 4 is 5.71 Å². The van der Waals surface area contributed by atoms with Crippen LogP contribution in [0.25, 0.3) is 0 Å². The van der Waals surface area contributed by atoms with E-state index in [-0.39, 0.29) is 0 Å². The van der Waals surface area contributed by atoms with Crippen molar-refractivity contribution in [1.82, 2.24) is 5.32 Å². The Morgan fingerprint density at radius 3 is 2.56 bits per heavy atom. The number of hydrogen-bond acceptors (Lipinski definition) is 2. The molecule has 0 aromatic heterocycles. The summed E-state index contributed by atoms with van der Waals surface area (Å²) in [6.45, 7) is 8.77. The van der Waals surface area contributed by atoms with Crippen molar-refractivity contribution in [2.24, 2.45) is 10.9 Å². The average molecular weight is 124 g/mol. The molecule has 0 spiro atoms. The molecule has 1 aliphatic rings. The van der Waals surface area contributed by atoms with Gasteiger partial charge in [-0.1, -0.05) is 20.4 Å². The molecule has 2 heteroatoms. The molecule has 1 heterocycles. The fourth-order valence-electron chi connectivity index (χ4n) is 0.937. The van der Waals surface area contributed by atoms with Gasteiger partial charge in [-0.25, -0.2) is 0 Å². The van der Waals surface area contributed by atoms with Gasteiger partial charge in [0, 0.05) is 5.70 Å². The first-order chi connectivity index (χ1) is 4.22. The Balaban J connectivity index is 2.68. The van der Waals surface area contributed by atoms with E-state index in [1.807, 2.05) is 0 Å². The lowest BCUT2D eigenvalue weighted by Gasteiger charge is -2.03. The Kier molecular flexibility index (Phi) is 1.56. The van der Waals surface area contributed by atoms with Gasteiger partial charge in [0.15, 0.2) is 0 Å². The normalized spacial score (nSPS) is 18.1. The van der Waals surface area contributed by atoms with Crippen LogP contribution in [0, 0.1) is 5.92 Å². The van der Waals surface area contributed by atoms with Crippen LogP contribution in [-0.2, 0) is 0 Å². The van der Waals surface area contributed by atoms with E-state index in [0.717, 1.165) is 11.4 Å². The second-order valence-corrected chi connectivity index (χ2v) is 2.51. The van der Waals surface area contributed by atoms with Crippen molar-refractivity contribution in [3.05, 3.63) is 12.3 Å². The van der Waals surface area contributed by atoms with Crippen LogP contribution >= 0.6 is 0 Å². The largest absolute Gasteiger partial charge is 0.365 e. The summed E-state index contributed by atoms with van der Waals surface area (Å²) in [5.41, 5.74) is 2.11. The highest BCUT2D eigenvalue weighted by Gasteiger charge is 2.12. The molecule has 0 unspecified atom stereocenters. The van der Waals surface area contributed by atoms with Crippen LogP contribution in [0.15, 0.2) is 17.3 Å². The van der Waals surface area contributed by atoms with Crippen molar-refractivity contribution < 1.29 is 0 Å². The lowest BCUT2D eigenvalue weighted by atomic mass is 10.1. The van der Waals surface area contributed by atoms with Crippen LogP contribution in [0.4, 0.5) is 0 Å². The number of aliphatic imine (C=N–C) groups is 1. The van der Waals surface area contributed by atoms with Crippen LogP contribution in [0.5, 0.6) is 0 Å². The van der Waals surface area contributed by atoms with Crippen LogP contribution in [-0.4, -0.2) is 12.4 Å². The molecule has 0 fully saturated rings. The minimum absolute atomic E-state index is 0.507. The van der Waals surface area contributed by atoms with E-state index in [1.54, 1.807) is 0 Å². The van der Waals surface area contributed by atoms with Gasteiger partial charge in [-0.05, 0) is 5.92 Å². The number of allylic oxidation sites excluding steroid dienone is 1. The molecule has 0 aromatic rings. The topological polar surface area (TPSA) is 24.4 Å². The molecule has 0 aliphatic carbocycles. The van der Waals surface area contributed by atoms with E-state index in [2.05, 4.69) is 30.7 Å². The van der Waals surface area contributed by atoms with Gasteiger partial charge in [0.2, 0.25) is 0 Å². The molecule has 0 saturated carbocycles. The molecule has 0 aromatic carbocycles. The molecule has 1 rings (SSSR count). The summed E-state index contributed by atoms with van der Waals surface area (Å²) in [4.78, 5) is 4.22. The third-order valence-corrected chi connectivity index (χ3v) is 1.40. The first-order valence-corrected chi connectivity index (χ1v) is 3.19. The minimum atomic E-state index is 0.507. The van der Waals surface area contributed by atoms with E-state index < -0.39 is 0 Å². The van der Waals surface area contributed by atoms with Crippen LogP contribution in [0.2, 0.25) is 0 Å². The van der Waals surface area contributed by atoms with E-state index in [4.69, 9.17) is 0 Å². The predicted molar refractivity (Wildman–Crippen MR) is 39.4 cm³/mol. The minimum Gasteiger partial charge on any atom is -0.365 e. The summed E-state index contributed by atoms with van der Waals surface area (Å²) in [6.07, 6.45) is 0. The van der Waals surface area contributed by atoms with E-state index in [9.17, 15) is 0 Å². The molecule has 2 nitrogen and oxygen atoms in total. The third-order valence-electron chi connectivity index (χ3n) is 1.40. The lowest BCUT2D eigenvalue weighted by molar-refractivity contribution is 0.885. The molecule has 1 aliphatic heterocycles. The van der Waals surface area contributed by atoms with Gasteiger partial charge in [-0.3, -0.25) is 4.99 Å². The molecule has 1 N–H and O–H groups in total. The second-order valence-electron chi connectivity index (χ2n) is 2.51. The smallest absolute Gasteiger partial charge is 0.108 e. The molecule has 0 bridgehead atoms. The van der Waals surface area contributed by atoms with Crippen LogP contribution in [0.3, 0.4) is 0 Å². The fraction of sp³-hybridized carbons (Fsp3) is 0.571. The molecular weight excluding hydrogens is 112 g/mol. The van der Waals surface area contributed by atoms with E-state index in [1.165, 1.54) is 0 Å². The average Bonchev–Trinajstić information content (AvgIpc) is 2.13. The molecular formula is C7H12N2. The summed E-state index contributed by atoms with van der Waals surface area (Å²) < 4.78 is 0.